The molecular formula is C7H14BrNO2. The molecule has 0 aromatic rings. The van der Waals surface area contributed by atoms with Crippen molar-refractivity contribution in [3.63, 3.8) is 0 Å². The summed E-state index contributed by atoms with van der Waals surface area (Å²) in [5.74, 6) is 0.0320. The van der Waals surface area contributed by atoms with Crippen LogP contribution in [0.25, 0.3) is 0 Å². The molecule has 4 heteroatoms. The van der Waals surface area contributed by atoms with Crippen LogP contribution in [0.4, 0.5) is 0 Å². The third kappa shape index (κ3) is 5.21. The van der Waals surface area contributed by atoms with Crippen molar-refractivity contribution in [1.82, 2.24) is 5.32 Å². The maximum absolute atomic E-state index is 11.0. The highest BCUT2D eigenvalue weighted by molar-refractivity contribution is 9.10. The molecule has 0 saturated carbocycles. The summed E-state index contributed by atoms with van der Waals surface area (Å²) in [6.07, 6.45) is 0.804. The number of amides is 1. The van der Waals surface area contributed by atoms with Gasteiger partial charge in [0.1, 0.15) is 0 Å². The molecule has 0 fully saturated rings. The first-order valence-electron chi connectivity index (χ1n) is 3.63. The van der Waals surface area contributed by atoms with Crippen LogP contribution in [0.5, 0.6) is 0 Å². The molecule has 0 aliphatic rings. The highest BCUT2D eigenvalue weighted by atomic mass is 79.9. The number of alkyl halides is 1. The van der Waals surface area contributed by atoms with E-state index >= 15 is 0 Å². The molecule has 0 aromatic carbocycles. The van der Waals surface area contributed by atoms with E-state index in [1.54, 1.807) is 7.11 Å². The van der Waals surface area contributed by atoms with E-state index in [1.807, 2.05) is 6.92 Å². The standard InChI is InChI=1S/C7H14BrNO2/c1-3-6(8)7(10)9-4-5-11-2/h6H,3-5H2,1-2H3,(H,9,10)/t6-/m0/s1. The summed E-state index contributed by atoms with van der Waals surface area (Å²) in [6.45, 7) is 3.10. The molecule has 0 aliphatic heterocycles. The van der Waals surface area contributed by atoms with Crippen LogP contribution in [0.1, 0.15) is 13.3 Å². The molecule has 11 heavy (non-hydrogen) atoms. The zero-order chi connectivity index (χ0) is 8.69. The Bertz CT molecular complexity index is 119. The van der Waals surface area contributed by atoms with E-state index in [0.29, 0.717) is 13.2 Å². The Morgan fingerprint density at radius 1 is 1.73 bits per heavy atom. The Morgan fingerprint density at radius 3 is 2.82 bits per heavy atom. The van der Waals surface area contributed by atoms with Gasteiger partial charge in [0.25, 0.3) is 0 Å². The second-order valence-corrected chi connectivity index (χ2v) is 3.26. The Morgan fingerprint density at radius 2 is 2.36 bits per heavy atom. The highest BCUT2D eigenvalue weighted by Gasteiger charge is 2.10. The predicted molar refractivity (Wildman–Crippen MR) is 47.9 cm³/mol. The maximum atomic E-state index is 11.0. The molecule has 0 radical (unpaired) electrons. The second kappa shape index (κ2) is 6.61. The summed E-state index contributed by atoms with van der Waals surface area (Å²) in [4.78, 5) is 11.0. The molecule has 1 amide bonds. The quantitative estimate of drug-likeness (QED) is 0.557. The van der Waals surface area contributed by atoms with E-state index in [1.165, 1.54) is 0 Å². The fourth-order valence-corrected chi connectivity index (χ4v) is 0.734. The number of nitrogens with one attached hydrogen (secondary N) is 1. The molecule has 0 bridgehead atoms. The van der Waals surface area contributed by atoms with Gasteiger partial charge < -0.3 is 10.1 Å². The third-order valence-electron chi connectivity index (χ3n) is 1.25. The SMILES string of the molecule is CC[C@H](Br)C(=O)NCCOC. The summed E-state index contributed by atoms with van der Waals surface area (Å²) >= 11 is 3.24. The molecule has 3 nitrogen and oxygen atoms in total. The Kier molecular flexibility index (Phi) is 6.56. The summed E-state index contributed by atoms with van der Waals surface area (Å²) in [5, 5.41) is 2.72. The van der Waals surface area contributed by atoms with Gasteiger partial charge in [-0.3, -0.25) is 4.79 Å². The summed E-state index contributed by atoms with van der Waals surface area (Å²) in [6, 6.07) is 0. The van der Waals surface area contributed by atoms with E-state index in [9.17, 15) is 4.79 Å². The zero-order valence-corrected chi connectivity index (χ0v) is 8.48. The van der Waals surface area contributed by atoms with Crippen molar-refractivity contribution >= 4 is 21.8 Å². The Hall–Kier alpha value is -0.0900. The van der Waals surface area contributed by atoms with Crippen LogP contribution in [0.15, 0.2) is 0 Å². The zero-order valence-electron chi connectivity index (χ0n) is 6.89. The lowest BCUT2D eigenvalue weighted by molar-refractivity contribution is -0.120. The van der Waals surface area contributed by atoms with Crippen molar-refractivity contribution in [2.24, 2.45) is 0 Å². The normalized spacial score (nSPS) is 12.6. The van der Waals surface area contributed by atoms with E-state index in [0.717, 1.165) is 6.42 Å². The Labute approximate surface area is 75.6 Å². The minimum atomic E-state index is -0.0700. The van der Waals surface area contributed by atoms with Crippen molar-refractivity contribution in [1.29, 1.82) is 0 Å². The molecule has 0 rings (SSSR count). The first kappa shape index (κ1) is 10.9. The number of carbonyl (C=O) groups excluding carboxylic acids is 1. The van der Waals surface area contributed by atoms with E-state index in [4.69, 9.17) is 4.74 Å². The third-order valence-corrected chi connectivity index (χ3v) is 2.31. The van der Waals surface area contributed by atoms with E-state index in [2.05, 4.69) is 21.2 Å². The number of carbonyl (C=O) groups is 1. The minimum absolute atomic E-state index is 0.0320. The number of rotatable bonds is 5. The fourth-order valence-electron chi connectivity index (χ4n) is 0.572. The molecule has 0 spiro atoms. The van der Waals surface area contributed by atoms with Crippen LogP contribution in [0, 0.1) is 0 Å². The maximum Gasteiger partial charge on any atom is 0.233 e. The van der Waals surface area contributed by atoms with Crippen molar-refractivity contribution < 1.29 is 9.53 Å². The highest BCUT2D eigenvalue weighted by Crippen LogP contribution is 2.02. The van der Waals surface area contributed by atoms with Gasteiger partial charge in [-0.1, -0.05) is 22.9 Å². The number of ether oxygens (including phenoxy) is 1. The lowest BCUT2D eigenvalue weighted by atomic mass is 10.3. The van der Waals surface area contributed by atoms with Gasteiger partial charge in [-0.25, -0.2) is 0 Å². The van der Waals surface area contributed by atoms with Gasteiger partial charge in [-0.05, 0) is 6.42 Å². The lowest BCUT2D eigenvalue weighted by Gasteiger charge is -2.07. The molecule has 1 N–H and O–H groups in total. The summed E-state index contributed by atoms with van der Waals surface area (Å²) in [5.41, 5.74) is 0. The van der Waals surface area contributed by atoms with E-state index in [-0.39, 0.29) is 10.7 Å². The summed E-state index contributed by atoms with van der Waals surface area (Å²) in [7, 11) is 1.61. The van der Waals surface area contributed by atoms with Crippen molar-refractivity contribution in [2.75, 3.05) is 20.3 Å². The van der Waals surface area contributed by atoms with Gasteiger partial charge in [-0.2, -0.15) is 0 Å². The predicted octanol–water partition coefficient (Wildman–Crippen LogP) is 0.923. The number of methoxy groups -OCH3 is 1. The van der Waals surface area contributed by atoms with Crippen LogP contribution in [0.2, 0.25) is 0 Å². The molecule has 0 aromatic heterocycles. The topological polar surface area (TPSA) is 38.3 Å². The average molecular weight is 224 g/mol. The van der Waals surface area contributed by atoms with Crippen molar-refractivity contribution in [2.45, 2.75) is 18.2 Å². The Balaban J connectivity index is 3.36. The first-order valence-corrected chi connectivity index (χ1v) is 4.54. The van der Waals surface area contributed by atoms with Crippen LogP contribution in [0.3, 0.4) is 0 Å². The van der Waals surface area contributed by atoms with E-state index < -0.39 is 0 Å². The molecule has 0 heterocycles. The second-order valence-electron chi connectivity index (χ2n) is 2.16. The lowest BCUT2D eigenvalue weighted by Crippen LogP contribution is -2.33. The van der Waals surface area contributed by atoms with Crippen LogP contribution in [-0.4, -0.2) is 31.0 Å². The monoisotopic (exact) mass is 223 g/mol. The average Bonchev–Trinajstić information content (AvgIpc) is 2.03. The summed E-state index contributed by atoms with van der Waals surface area (Å²) < 4.78 is 4.78. The molecule has 0 saturated heterocycles. The molecule has 1 atom stereocenters. The van der Waals surface area contributed by atoms with Crippen LogP contribution >= 0.6 is 15.9 Å². The number of hydrogen-bond donors (Lipinski definition) is 1. The molecule has 0 unspecified atom stereocenters. The van der Waals surface area contributed by atoms with Gasteiger partial charge in [0, 0.05) is 13.7 Å². The molecule has 0 aliphatic carbocycles. The number of halogens is 1. The largest absolute Gasteiger partial charge is 0.383 e. The van der Waals surface area contributed by atoms with Gasteiger partial charge in [-0.15, -0.1) is 0 Å². The minimum Gasteiger partial charge on any atom is -0.383 e. The fraction of sp³-hybridized carbons (Fsp3) is 0.857. The van der Waals surface area contributed by atoms with Gasteiger partial charge >= 0.3 is 0 Å². The van der Waals surface area contributed by atoms with Crippen molar-refractivity contribution in [3.8, 4) is 0 Å². The molecule has 66 valence electrons. The van der Waals surface area contributed by atoms with Crippen LogP contribution in [-0.2, 0) is 9.53 Å². The van der Waals surface area contributed by atoms with Gasteiger partial charge in [0.15, 0.2) is 0 Å². The van der Waals surface area contributed by atoms with Crippen molar-refractivity contribution in [3.05, 3.63) is 0 Å². The van der Waals surface area contributed by atoms with Gasteiger partial charge in [0.2, 0.25) is 5.91 Å². The molecular weight excluding hydrogens is 210 g/mol. The first-order chi connectivity index (χ1) is 5.22. The smallest absolute Gasteiger partial charge is 0.233 e. The van der Waals surface area contributed by atoms with Gasteiger partial charge in [0.05, 0.1) is 11.4 Å². The number of hydrogen-bond acceptors (Lipinski definition) is 2. The van der Waals surface area contributed by atoms with Crippen LogP contribution < -0.4 is 5.32 Å².